The van der Waals surface area contributed by atoms with Crippen molar-refractivity contribution in [2.75, 3.05) is 11.9 Å². The van der Waals surface area contributed by atoms with E-state index >= 15 is 0 Å². The van der Waals surface area contributed by atoms with Crippen LogP contribution in [0, 0.1) is 21.4 Å². The van der Waals surface area contributed by atoms with Gasteiger partial charge in [-0.15, -0.1) is 5.10 Å². The molecule has 2 rings (SSSR count). The molecule has 1 aromatic carbocycles. The Morgan fingerprint density at radius 2 is 2.35 bits per heavy atom. The number of nitrogens with zero attached hydrogens (tertiary/aromatic N) is 5. The predicted molar refractivity (Wildman–Crippen MR) is 70.9 cm³/mol. The molecule has 2 aromatic rings. The van der Waals surface area contributed by atoms with Crippen LogP contribution in [-0.2, 0) is 6.54 Å². The Bertz CT molecular complexity index is 632. The summed E-state index contributed by atoms with van der Waals surface area (Å²) in [6.07, 6.45) is 4.10. The highest BCUT2D eigenvalue weighted by Gasteiger charge is 2.14. The topological polar surface area (TPSA) is 110 Å². The van der Waals surface area contributed by atoms with Crippen molar-refractivity contribution in [3.8, 4) is 6.07 Å². The Morgan fingerprint density at radius 1 is 1.50 bits per heavy atom. The van der Waals surface area contributed by atoms with E-state index in [9.17, 15) is 10.1 Å². The van der Waals surface area contributed by atoms with Crippen LogP contribution in [0.1, 0.15) is 12.0 Å². The number of nitro groups is 1. The van der Waals surface area contributed by atoms with Crippen LogP contribution in [0.5, 0.6) is 0 Å². The molecule has 20 heavy (non-hydrogen) atoms. The number of benzene rings is 1. The molecule has 0 bridgehead atoms. The average molecular weight is 272 g/mol. The van der Waals surface area contributed by atoms with Crippen molar-refractivity contribution >= 4 is 11.4 Å². The van der Waals surface area contributed by atoms with Gasteiger partial charge in [0.2, 0.25) is 0 Å². The van der Waals surface area contributed by atoms with Crippen LogP contribution in [0.2, 0.25) is 0 Å². The van der Waals surface area contributed by atoms with Gasteiger partial charge in [0.1, 0.15) is 5.69 Å². The van der Waals surface area contributed by atoms with Gasteiger partial charge < -0.3 is 5.32 Å². The summed E-state index contributed by atoms with van der Waals surface area (Å²) in [5.41, 5.74) is 0.585. The van der Waals surface area contributed by atoms with Crippen molar-refractivity contribution < 1.29 is 4.92 Å². The zero-order valence-corrected chi connectivity index (χ0v) is 10.6. The second-order valence-electron chi connectivity index (χ2n) is 4.05. The van der Waals surface area contributed by atoms with Gasteiger partial charge in [-0.2, -0.15) is 5.26 Å². The molecule has 102 valence electrons. The molecule has 0 fully saturated rings. The van der Waals surface area contributed by atoms with E-state index in [4.69, 9.17) is 5.26 Å². The number of nitro benzene ring substituents is 1. The van der Waals surface area contributed by atoms with Crippen molar-refractivity contribution in [2.24, 2.45) is 0 Å². The summed E-state index contributed by atoms with van der Waals surface area (Å²) in [5.74, 6) is 0. The van der Waals surface area contributed by atoms with Gasteiger partial charge >= 0.3 is 0 Å². The lowest BCUT2D eigenvalue weighted by molar-refractivity contribution is -0.384. The van der Waals surface area contributed by atoms with Gasteiger partial charge in [-0.05, 0) is 18.6 Å². The first-order valence-corrected chi connectivity index (χ1v) is 5.97. The lowest BCUT2D eigenvalue weighted by Gasteiger charge is -2.07. The van der Waals surface area contributed by atoms with Gasteiger partial charge in [-0.25, -0.2) is 0 Å². The number of rotatable bonds is 6. The Hall–Kier alpha value is -2.95. The number of hydrogen-bond donors (Lipinski definition) is 1. The summed E-state index contributed by atoms with van der Waals surface area (Å²) in [7, 11) is 0. The predicted octanol–water partition coefficient (Wildman–Crippen LogP) is 1.56. The minimum absolute atomic E-state index is 0.0928. The van der Waals surface area contributed by atoms with Crippen molar-refractivity contribution in [3.63, 3.8) is 0 Å². The Kier molecular flexibility index (Phi) is 4.24. The lowest BCUT2D eigenvalue weighted by atomic mass is 10.2. The molecule has 0 radical (unpaired) electrons. The van der Waals surface area contributed by atoms with Crippen LogP contribution in [0.25, 0.3) is 0 Å². The van der Waals surface area contributed by atoms with Crippen LogP contribution in [0.3, 0.4) is 0 Å². The maximum absolute atomic E-state index is 10.9. The van der Waals surface area contributed by atoms with Crippen molar-refractivity contribution in [1.29, 1.82) is 5.26 Å². The second-order valence-corrected chi connectivity index (χ2v) is 4.05. The molecule has 0 aliphatic rings. The quantitative estimate of drug-likeness (QED) is 0.485. The van der Waals surface area contributed by atoms with E-state index in [-0.39, 0.29) is 11.3 Å². The summed E-state index contributed by atoms with van der Waals surface area (Å²) in [6.45, 7) is 1.24. The lowest BCUT2D eigenvalue weighted by Crippen LogP contribution is -2.08. The fraction of sp³-hybridized carbons (Fsp3) is 0.250. The van der Waals surface area contributed by atoms with Gasteiger partial charge in [-0.3, -0.25) is 14.8 Å². The van der Waals surface area contributed by atoms with Gasteiger partial charge in [0, 0.05) is 25.4 Å². The van der Waals surface area contributed by atoms with E-state index in [1.54, 1.807) is 29.2 Å². The Balaban J connectivity index is 1.95. The van der Waals surface area contributed by atoms with E-state index < -0.39 is 4.92 Å². The Morgan fingerprint density at radius 3 is 3.00 bits per heavy atom. The zero-order chi connectivity index (χ0) is 14.4. The van der Waals surface area contributed by atoms with Crippen LogP contribution in [0.4, 0.5) is 11.4 Å². The van der Waals surface area contributed by atoms with Gasteiger partial charge in [0.25, 0.3) is 5.69 Å². The molecule has 0 unspecified atom stereocenters. The zero-order valence-electron chi connectivity index (χ0n) is 10.6. The molecule has 1 N–H and O–H groups in total. The minimum atomic E-state index is -0.499. The molecule has 0 saturated carbocycles. The molecular formula is C12H12N6O2. The number of nitriles is 1. The smallest absolute Gasteiger partial charge is 0.293 e. The molecule has 0 saturated heterocycles. The normalized spacial score (nSPS) is 9.95. The standard InChI is InChI=1S/C12H12N6O2/c13-9-10-2-3-11(12(8-10)18(19)20)14-4-1-6-17-7-5-15-16-17/h2-3,5,7-8,14H,1,4,6H2. The highest BCUT2D eigenvalue weighted by molar-refractivity contribution is 5.63. The number of anilines is 1. The van der Waals surface area contributed by atoms with Gasteiger partial charge in [-0.1, -0.05) is 5.21 Å². The van der Waals surface area contributed by atoms with Crippen LogP contribution in [-0.4, -0.2) is 26.5 Å². The molecule has 8 heteroatoms. The van der Waals surface area contributed by atoms with E-state index in [1.807, 2.05) is 6.07 Å². The number of aromatic nitrogens is 3. The van der Waals surface area contributed by atoms with E-state index in [1.165, 1.54) is 6.07 Å². The van der Waals surface area contributed by atoms with Crippen molar-refractivity contribution in [1.82, 2.24) is 15.0 Å². The minimum Gasteiger partial charge on any atom is -0.379 e. The molecular weight excluding hydrogens is 260 g/mol. The summed E-state index contributed by atoms with van der Waals surface area (Å²) in [4.78, 5) is 10.4. The van der Waals surface area contributed by atoms with Crippen LogP contribution < -0.4 is 5.32 Å². The van der Waals surface area contributed by atoms with E-state index in [0.717, 1.165) is 6.42 Å². The molecule has 8 nitrogen and oxygen atoms in total. The molecule has 0 amide bonds. The third kappa shape index (κ3) is 3.29. The number of nitrogens with one attached hydrogen (secondary N) is 1. The summed E-state index contributed by atoms with van der Waals surface area (Å²) in [6, 6.07) is 6.24. The van der Waals surface area contributed by atoms with E-state index in [0.29, 0.717) is 18.8 Å². The van der Waals surface area contributed by atoms with E-state index in [2.05, 4.69) is 15.6 Å². The van der Waals surface area contributed by atoms with Gasteiger partial charge in [0.05, 0.1) is 22.8 Å². The number of aryl methyl sites for hydroxylation is 1. The molecule has 0 atom stereocenters. The van der Waals surface area contributed by atoms with Crippen LogP contribution >= 0.6 is 0 Å². The second kappa shape index (κ2) is 6.29. The molecule has 0 aliphatic heterocycles. The first-order valence-electron chi connectivity index (χ1n) is 5.97. The molecule has 1 aromatic heterocycles. The highest BCUT2D eigenvalue weighted by atomic mass is 16.6. The van der Waals surface area contributed by atoms with Crippen molar-refractivity contribution in [3.05, 3.63) is 46.3 Å². The summed E-state index contributed by atoms with van der Waals surface area (Å²) in [5, 5.41) is 30.2. The third-order valence-corrected chi connectivity index (χ3v) is 2.67. The third-order valence-electron chi connectivity index (χ3n) is 2.67. The monoisotopic (exact) mass is 272 g/mol. The maximum atomic E-state index is 10.9. The maximum Gasteiger partial charge on any atom is 0.293 e. The first kappa shape index (κ1) is 13.5. The molecule has 0 spiro atoms. The largest absolute Gasteiger partial charge is 0.379 e. The molecule has 1 heterocycles. The number of hydrogen-bond acceptors (Lipinski definition) is 6. The van der Waals surface area contributed by atoms with Crippen LogP contribution in [0.15, 0.2) is 30.6 Å². The van der Waals surface area contributed by atoms with Crippen molar-refractivity contribution in [2.45, 2.75) is 13.0 Å². The van der Waals surface area contributed by atoms with Gasteiger partial charge in [0.15, 0.2) is 0 Å². The highest BCUT2D eigenvalue weighted by Crippen LogP contribution is 2.25. The Labute approximate surface area is 114 Å². The first-order chi connectivity index (χ1) is 9.70. The SMILES string of the molecule is N#Cc1ccc(NCCCn2ccnn2)c([N+](=O)[O-])c1. The summed E-state index contributed by atoms with van der Waals surface area (Å²) < 4.78 is 1.69. The fourth-order valence-electron chi connectivity index (χ4n) is 1.72. The fourth-order valence-corrected chi connectivity index (χ4v) is 1.72. The average Bonchev–Trinajstić information content (AvgIpc) is 2.96. The summed E-state index contributed by atoms with van der Waals surface area (Å²) >= 11 is 0. The molecule has 0 aliphatic carbocycles.